The summed E-state index contributed by atoms with van der Waals surface area (Å²) in [6.07, 6.45) is 2.96. The predicted octanol–water partition coefficient (Wildman–Crippen LogP) is 3.59. The van der Waals surface area contributed by atoms with Crippen LogP contribution in [-0.2, 0) is 0 Å². The zero-order valence-electron chi connectivity index (χ0n) is 7.42. The molecule has 1 heterocycles. The maximum absolute atomic E-state index is 13.2. The second-order valence-electron chi connectivity index (χ2n) is 2.82. The first-order chi connectivity index (χ1) is 7.18. The molecule has 0 N–H and O–H groups in total. The summed E-state index contributed by atoms with van der Waals surface area (Å²) in [7, 11) is 0. The Labute approximate surface area is 95.7 Å². The van der Waals surface area contributed by atoms with Crippen LogP contribution in [0.2, 0.25) is 10.2 Å². The van der Waals surface area contributed by atoms with Gasteiger partial charge in [-0.2, -0.15) is 0 Å². The Hall–Kier alpha value is -1.19. The Morgan fingerprint density at radius 1 is 1.07 bits per heavy atom. The first-order valence-electron chi connectivity index (χ1n) is 4.10. The van der Waals surface area contributed by atoms with Crippen molar-refractivity contribution in [3.05, 3.63) is 46.6 Å². The number of nitrogens with zero attached hydrogens (tertiary/aromatic N) is 2. The number of rotatable bonds is 1. The minimum absolute atomic E-state index is 0.0683. The molecule has 0 aliphatic rings. The lowest BCUT2D eigenvalue weighted by atomic mass is 10.1. The van der Waals surface area contributed by atoms with Gasteiger partial charge in [-0.1, -0.05) is 29.3 Å². The van der Waals surface area contributed by atoms with Crippen molar-refractivity contribution in [2.24, 2.45) is 0 Å². The summed E-state index contributed by atoms with van der Waals surface area (Å²) in [5, 5.41) is 0.304. The molecule has 0 spiro atoms. The van der Waals surface area contributed by atoms with E-state index < -0.39 is 5.82 Å². The van der Waals surface area contributed by atoms with E-state index in [9.17, 15) is 4.39 Å². The number of halogens is 3. The van der Waals surface area contributed by atoms with Crippen molar-refractivity contribution in [3.8, 4) is 11.3 Å². The SMILES string of the molecule is Fc1cc(-c2nccnc2Cl)ccc1Cl. The van der Waals surface area contributed by atoms with E-state index >= 15 is 0 Å². The molecule has 5 heteroatoms. The van der Waals surface area contributed by atoms with Gasteiger partial charge in [0, 0.05) is 18.0 Å². The van der Waals surface area contributed by atoms with E-state index in [1.807, 2.05) is 0 Å². The van der Waals surface area contributed by atoms with Crippen molar-refractivity contribution < 1.29 is 4.39 Å². The molecule has 0 radical (unpaired) electrons. The summed E-state index contributed by atoms with van der Waals surface area (Å²) in [6.45, 7) is 0. The van der Waals surface area contributed by atoms with E-state index in [1.54, 1.807) is 6.07 Å². The van der Waals surface area contributed by atoms with Gasteiger partial charge in [0.2, 0.25) is 0 Å². The second kappa shape index (κ2) is 4.13. The van der Waals surface area contributed by atoms with Gasteiger partial charge >= 0.3 is 0 Å². The average Bonchev–Trinajstić information content (AvgIpc) is 2.23. The molecule has 0 fully saturated rings. The topological polar surface area (TPSA) is 25.8 Å². The summed E-state index contributed by atoms with van der Waals surface area (Å²) in [5.41, 5.74) is 0.990. The molecule has 0 saturated heterocycles. The van der Waals surface area contributed by atoms with Crippen LogP contribution in [0.15, 0.2) is 30.6 Å². The highest BCUT2D eigenvalue weighted by atomic mass is 35.5. The van der Waals surface area contributed by atoms with Gasteiger partial charge < -0.3 is 0 Å². The summed E-state index contributed by atoms with van der Waals surface area (Å²) in [5.74, 6) is -0.504. The zero-order chi connectivity index (χ0) is 10.8. The van der Waals surface area contributed by atoms with Crippen molar-refractivity contribution in [1.29, 1.82) is 0 Å². The minimum atomic E-state index is -0.504. The van der Waals surface area contributed by atoms with E-state index in [2.05, 4.69) is 9.97 Å². The average molecular weight is 243 g/mol. The Balaban J connectivity index is 2.55. The second-order valence-corrected chi connectivity index (χ2v) is 3.59. The molecule has 1 aromatic heterocycles. The number of hydrogen-bond donors (Lipinski definition) is 0. The quantitative estimate of drug-likeness (QED) is 0.764. The molecule has 0 amide bonds. The third-order valence-electron chi connectivity index (χ3n) is 1.85. The number of benzene rings is 1. The van der Waals surface area contributed by atoms with Crippen molar-refractivity contribution in [1.82, 2.24) is 9.97 Å². The van der Waals surface area contributed by atoms with E-state index in [-0.39, 0.29) is 10.2 Å². The highest BCUT2D eigenvalue weighted by Gasteiger charge is 2.08. The van der Waals surface area contributed by atoms with Crippen molar-refractivity contribution in [2.45, 2.75) is 0 Å². The smallest absolute Gasteiger partial charge is 0.155 e. The van der Waals surface area contributed by atoms with E-state index in [0.717, 1.165) is 0 Å². The maximum Gasteiger partial charge on any atom is 0.155 e. The Morgan fingerprint density at radius 3 is 2.47 bits per heavy atom. The van der Waals surface area contributed by atoms with Crippen LogP contribution in [0.5, 0.6) is 0 Å². The molecule has 0 saturated carbocycles. The molecule has 0 atom stereocenters. The largest absolute Gasteiger partial charge is 0.251 e. The van der Waals surface area contributed by atoms with Gasteiger partial charge in [-0.3, -0.25) is 4.98 Å². The van der Waals surface area contributed by atoms with Crippen molar-refractivity contribution in [3.63, 3.8) is 0 Å². The van der Waals surface area contributed by atoms with E-state index in [0.29, 0.717) is 11.3 Å². The molecule has 2 aromatic rings. The molecule has 0 bridgehead atoms. The van der Waals surface area contributed by atoms with Gasteiger partial charge in [0.15, 0.2) is 5.15 Å². The normalized spacial score (nSPS) is 10.3. The van der Waals surface area contributed by atoms with Crippen LogP contribution >= 0.6 is 23.2 Å². The first-order valence-corrected chi connectivity index (χ1v) is 4.86. The summed E-state index contributed by atoms with van der Waals surface area (Å²) < 4.78 is 13.2. The van der Waals surface area contributed by atoms with Gasteiger partial charge in [-0.25, -0.2) is 9.37 Å². The molecule has 2 nitrogen and oxygen atoms in total. The van der Waals surface area contributed by atoms with Gasteiger partial charge in [0.1, 0.15) is 11.5 Å². The Bertz CT molecular complexity index is 503. The Morgan fingerprint density at radius 2 is 1.80 bits per heavy atom. The zero-order valence-corrected chi connectivity index (χ0v) is 8.93. The third kappa shape index (κ3) is 2.08. The monoisotopic (exact) mass is 242 g/mol. The first kappa shape index (κ1) is 10.3. The third-order valence-corrected chi connectivity index (χ3v) is 2.43. The van der Waals surface area contributed by atoms with E-state index in [1.165, 1.54) is 24.5 Å². The van der Waals surface area contributed by atoms with Crippen LogP contribution in [0.4, 0.5) is 4.39 Å². The summed E-state index contributed by atoms with van der Waals surface area (Å²) in [4.78, 5) is 7.87. The summed E-state index contributed by atoms with van der Waals surface area (Å²) in [6, 6.07) is 4.37. The molecule has 0 aliphatic carbocycles. The highest BCUT2D eigenvalue weighted by molar-refractivity contribution is 6.32. The lowest BCUT2D eigenvalue weighted by Gasteiger charge is -2.02. The van der Waals surface area contributed by atoms with Gasteiger partial charge in [0.25, 0.3) is 0 Å². The van der Waals surface area contributed by atoms with Crippen LogP contribution in [0, 0.1) is 5.82 Å². The van der Waals surface area contributed by atoms with Crippen molar-refractivity contribution >= 4 is 23.2 Å². The summed E-state index contributed by atoms with van der Waals surface area (Å²) >= 11 is 11.4. The van der Waals surface area contributed by atoms with Crippen molar-refractivity contribution in [2.75, 3.05) is 0 Å². The molecule has 15 heavy (non-hydrogen) atoms. The predicted molar refractivity (Wildman–Crippen MR) is 57.4 cm³/mol. The van der Waals surface area contributed by atoms with Gasteiger partial charge in [-0.15, -0.1) is 0 Å². The number of hydrogen-bond acceptors (Lipinski definition) is 2. The lowest BCUT2D eigenvalue weighted by molar-refractivity contribution is 0.628. The fraction of sp³-hybridized carbons (Fsp3) is 0. The Kier molecular flexibility index (Phi) is 2.84. The van der Waals surface area contributed by atoms with Crippen LogP contribution < -0.4 is 0 Å². The van der Waals surface area contributed by atoms with Gasteiger partial charge in [0.05, 0.1) is 5.02 Å². The minimum Gasteiger partial charge on any atom is -0.251 e. The molecule has 0 aliphatic heterocycles. The molecular formula is C10H5Cl2FN2. The molecular weight excluding hydrogens is 238 g/mol. The highest BCUT2D eigenvalue weighted by Crippen LogP contribution is 2.26. The molecule has 1 aromatic carbocycles. The fourth-order valence-electron chi connectivity index (χ4n) is 1.16. The van der Waals surface area contributed by atoms with E-state index in [4.69, 9.17) is 23.2 Å². The van der Waals surface area contributed by atoms with Crippen LogP contribution in [0.25, 0.3) is 11.3 Å². The van der Waals surface area contributed by atoms with Gasteiger partial charge in [-0.05, 0) is 12.1 Å². The van der Waals surface area contributed by atoms with Crippen LogP contribution in [-0.4, -0.2) is 9.97 Å². The molecule has 2 rings (SSSR count). The van der Waals surface area contributed by atoms with Crippen LogP contribution in [0.1, 0.15) is 0 Å². The maximum atomic E-state index is 13.2. The molecule has 76 valence electrons. The lowest BCUT2D eigenvalue weighted by Crippen LogP contribution is -1.88. The standard InChI is InChI=1S/C10H5Cl2FN2/c11-7-2-1-6(5-8(7)13)9-10(12)15-4-3-14-9/h1-5H. The fourth-order valence-corrected chi connectivity index (χ4v) is 1.49. The van der Waals surface area contributed by atoms with Crippen LogP contribution in [0.3, 0.4) is 0 Å². The number of aromatic nitrogens is 2. The molecule has 0 unspecified atom stereocenters.